The van der Waals surface area contributed by atoms with Crippen LogP contribution in [0.15, 0.2) is 108 Å². The zero-order valence-electron chi connectivity index (χ0n) is 24.0. The van der Waals surface area contributed by atoms with Crippen molar-refractivity contribution >= 4 is 57.4 Å². The lowest BCUT2D eigenvalue weighted by Crippen LogP contribution is -2.21. The maximum absolute atomic E-state index is 4.33. The average molecular weight is 569 g/mol. The van der Waals surface area contributed by atoms with E-state index in [0.29, 0.717) is 0 Å². The molecule has 208 valence electrons. The summed E-state index contributed by atoms with van der Waals surface area (Å²) in [6, 6.07) is 23.4. The number of hydrogen-bond donors (Lipinski definition) is 0. The van der Waals surface area contributed by atoms with Crippen LogP contribution in [0.5, 0.6) is 0 Å². The number of hydrogen-bond acceptors (Lipinski definition) is 6. The molecule has 0 aliphatic heterocycles. The summed E-state index contributed by atoms with van der Waals surface area (Å²) < 4.78 is 0. The molecule has 40 heavy (non-hydrogen) atoms. The second-order valence-electron chi connectivity index (χ2n) is 9.29. The summed E-state index contributed by atoms with van der Waals surface area (Å²) in [6.07, 6.45) is 18.0. The Labute approximate surface area is 248 Å². The van der Waals surface area contributed by atoms with E-state index < -0.39 is 0 Å². The molecule has 0 fully saturated rings. The zero-order valence-corrected chi connectivity index (χ0v) is 25.6. The van der Waals surface area contributed by atoms with Crippen LogP contribution in [0.1, 0.15) is 23.7 Å². The van der Waals surface area contributed by atoms with Crippen LogP contribution >= 0.6 is 21.6 Å². The van der Waals surface area contributed by atoms with Gasteiger partial charge in [0.1, 0.15) is 0 Å². The standard InChI is InChI=1S/C34H40N4S2/c1-29(9-5-7-23-35-2)11-12-30-14-19-33(20-15-30)37(3)25-27-39-40-28-26-38(4)34-21-16-31(17-22-34)13-18-32-10-6-8-24-36-32/h5-24H,25-28H2,1-4H3/b7-5-,12-11+,18-13+,29-9+,35-23+. The smallest absolute Gasteiger partial charge is 0.0629 e. The van der Waals surface area contributed by atoms with Crippen molar-refractivity contribution in [2.24, 2.45) is 4.99 Å². The van der Waals surface area contributed by atoms with E-state index in [1.807, 2.05) is 64.2 Å². The molecule has 0 bridgehead atoms. The first kappa shape index (κ1) is 31.1. The summed E-state index contributed by atoms with van der Waals surface area (Å²) in [4.78, 5) is 12.9. The Bertz CT molecular complexity index is 1280. The molecule has 0 radical (unpaired) electrons. The van der Waals surface area contributed by atoms with E-state index in [4.69, 9.17) is 0 Å². The van der Waals surface area contributed by atoms with E-state index in [1.165, 1.54) is 28.1 Å². The number of allylic oxidation sites excluding steroid dienone is 5. The lowest BCUT2D eigenvalue weighted by atomic mass is 10.1. The number of rotatable bonds is 15. The molecule has 0 atom stereocenters. The first-order chi connectivity index (χ1) is 19.5. The highest BCUT2D eigenvalue weighted by Crippen LogP contribution is 2.24. The Balaban J connectivity index is 1.32. The third-order valence-electron chi connectivity index (χ3n) is 6.15. The Morgan fingerprint density at radius 2 is 1.38 bits per heavy atom. The van der Waals surface area contributed by atoms with E-state index in [2.05, 4.69) is 114 Å². The predicted octanol–water partition coefficient (Wildman–Crippen LogP) is 8.42. The Kier molecular flexibility index (Phi) is 14.0. The van der Waals surface area contributed by atoms with Gasteiger partial charge in [-0.05, 0) is 66.6 Å². The van der Waals surface area contributed by atoms with Crippen LogP contribution in [0.2, 0.25) is 0 Å². The van der Waals surface area contributed by atoms with E-state index >= 15 is 0 Å². The van der Waals surface area contributed by atoms with Gasteiger partial charge < -0.3 is 9.80 Å². The van der Waals surface area contributed by atoms with Gasteiger partial charge in [0.25, 0.3) is 0 Å². The molecule has 0 saturated carbocycles. The quantitative estimate of drug-likeness (QED) is 0.0795. The molecule has 2 aromatic carbocycles. The molecule has 0 spiro atoms. The van der Waals surface area contributed by atoms with Crippen LogP contribution in [0, 0.1) is 0 Å². The minimum absolute atomic E-state index is 0.969. The highest BCUT2D eigenvalue weighted by molar-refractivity contribution is 8.76. The van der Waals surface area contributed by atoms with Crippen molar-refractivity contribution in [2.75, 3.05) is 55.5 Å². The van der Waals surface area contributed by atoms with Gasteiger partial charge in [-0.2, -0.15) is 0 Å². The molecule has 0 aliphatic rings. The van der Waals surface area contributed by atoms with Gasteiger partial charge in [0.15, 0.2) is 0 Å². The van der Waals surface area contributed by atoms with E-state index in [-0.39, 0.29) is 0 Å². The highest BCUT2D eigenvalue weighted by atomic mass is 33.1. The molecule has 4 nitrogen and oxygen atoms in total. The molecule has 0 unspecified atom stereocenters. The molecule has 3 aromatic rings. The Morgan fingerprint density at radius 1 is 0.775 bits per heavy atom. The zero-order chi connectivity index (χ0) is 28.4. The fourth-order valence-electron chi connectivity index (χ4n) is 3.69. The number of benzene rings is 2. The minimum atomic E-state index is 0.969. The van der Waals surface area contributed by atoms with Crippen LogP contribution in [-0.4, -0.2) is 56.9 Å². The van der Waals surface area contributed by atoms with Crippen LogP contribution < -0.4 is 9.80 Å². The van der Waals surface area contributed by atoms with Gasteiger partial charge >= 0.3 is 0 Å². The molecule has 6 heteroatoms. The molecular formula is C34H40N4S2. The van der Waals surface area contributed by atoms with Crippen LogP contribution in [-0.2, 0) is 0 Å². The van der Waals surface area contributed by atoms with Gasteiger partial charge in [0, 0.05) is 69.5 Å². The lowest BCUT2D eigenvalue weighted by molar-refractivity contribution is 0.977. The number of anilines is 2. The van der Waals surface area contributed by atoms with Crippen LogP contribution in [0.4, 0.5) is 11.4 Å². The maximum Gasteiger partial charge on any atom is 0.0629 e. The molecule has 0 aliphatic carbocycles. The maximum atomic E-state index is 4.33. The number of aliphatic imine (C=N–C) groups is 1. The summed E-state index contributed by atoms with van der Waals surface area (Å²) in [7, 11) is 9.99. The molecule has 1 aromatic heterocycles. The Hall–Kier alpha value is -3.48. The highest BCUT2D eigenvalue weighted by Gasteiger charge is 2.03. The number of aromatic nitrogens is 1. The third kappa shape index (κ3) is 11.7. The summed E-state index contributed by atoms with van der Waals surface area (Å²) in [5, 5.41) is 0. The SMILES string of the molecule is C/N=C/C=C\C=C(C)\C=C\c1ccc(N(C)CCSSCCN(C)c2ccc(/C=C/c3ccccn3)cc2)cc1. The number of pyridine rings is 1. The van der Waals surface area contributed by atoms with Gasteiger partial charge in [0.05, 0.1) is 5.69 Å². The van der Waals surface area contributed by atoms with Crippen molar-refractivity contribution in [3.05, 3.63) is 120 Å². The largest absolute Gasteiger partial charge is 0.374 e. The second kappa shape index (κ2) is 18.0. The van der Waals surface area contributed by atoms with Gasteiger partial charge in [-0.15, -0.1) is 0 Å². The summed E-state index contributed by atoms with van der Waals surface area (Å²) in [6.45, 7) is 4.14. The fraction of sp³-hybridized carbons (Fsp3) is 0.235. The van der Waals surface area contributed by atoms with Gasteiger partial charge in [-0.3, -0.25) is 9.98 Å². The molecule has 0 saturated heterocycles. The van der Waals surface area contributed by atoms with Gasteiger partial charge in [0.2, 0.25) is 0 Å². The lowest BCUT2D eigenvalue weighted by Gasteiger charge is -2.20. The summed E-state index contributed by atoms with van der Waals surface area (Å²) >= 11 is 0. The second-order valence-corrected chi connectivity index (χ2v) is 12.0. The van der Waals surface area contributed by atoms with E-state index in [1.54, 1.807) is 13.3 Å². The van der Waals surface area contributed by atoms with Crippen molar-refractivity contribution in [3.8, 4) is 0 Å². The molecule has 1 heterocycles. The monoisotopic (exact) mass is 568 g/mol. The molecule has 0 N–H and O–H groups in total. The predicted molar refractivity (Wildman–Crippen MR) is 184 cm³/mol. The minimum Gasteiger partial charge on any atom is -0.374 e. The van der Waals surface area contributed by atoms with Gasteiger partial charge in [-0.1, -0.05) is 87.9 Å². The average Bonchev–Trinajstić information content (AvgIpc) is 2.99. The van der Waals surface area contributed by atoms with E-state index in [0.717, 1.165) is 30.3 Å². The van der Waals surface area contributed by atoms with Crippen molar-refractivity contribution in [1.29, 1.82) is 0 Å². The number of nitrogens with zero attached hydrogens (tertiary/aromatic N) is 4. The molecular weight excluding hydrogens is 529 g/mol. The van der Waals surface area contributed by atoms with E-state index in [9.17, 15) is 0 Å². The molecule has 3 rings (SSSR count). The van der Waals surface area contributed by atoms with Crippen LogP contribution in [0.3, 0.4) is 0 Å². The fourth-order valence-corrected chi connectivity index (χ4v) is 5.77. The summed E-state index contributed by atoms with van der Waals surface area (Å²) in [5.74, 6) is 2.17. The third-order valence-corrected chi connectivity index (χ3v) is 8.51. The van der Waals surface area contributed by atoms with Gasteiger partial charge in [-0.25, -0.2) is 0 Å². The first-order valence-electron chi connectivity index (χ1n) is 13.4. The van der Waals surface area contributed by atoms with Crippen LogP contribution in [0.25, 0.3) is 18.2 Å². The van der Waals surface area contributed by atoms with Crippen molar-refractivity contribution in [1.82, 2.24) is 4.98 Å². The van der Waals surface area contributed by atoms with Crippen molar-refractivity contribution in [2.45, 2.75) is 6.92 Å². The molecule has 0 amide bonds. The first-order valence-corrected chi connectivity index (χ1v) is 15.9. The Morgan fingerprint density at radius 3 is 1.93 bits per heavy atom. The summed E-state index contributed by atoms with van der Waals surface area (Å²) in [5.41, 5.74) is 7.03. The topological polar surface area (TPSA) is 31.7 Å². The van der Waals surface area contributed by atoms with Crippen molar-refractivity contribution < 1.29 is 0 Å². The normalized spacial score (nSPS) is 12.3. The van der Waals surface area contributed by atoms with Crippen molar-refractivity contribution in [3.63, 3.8) is 0 Å².